The number of nitrogens with zero attached hydrogens (tertiary/aromatic N) is 3. The molecule has 0 bridgehead atoms. The zero-order valence-corrected chi connectivity index (χ0v) is 33.5. The molecule has 286 valence electrons. The summed E-state index contributed by atoms with van der Waals surface area (Å²) in [7, 11) is 0. The first kappa shape index (κ1) is 35.1. The molecule has 11 aromatic rings. The van der Waals surface area contributed by atoms with Gasteiger partial charge >= 0.3 is 0 Å². The molecule has 12 rings (SSSR count). The first-order valence-corrected chi connectivity index (χ1v) is 21.1. The lowest BCUT2D eigenvalue weighted by molar-refractivity contribution is 1.12. The quantitative estimate of drug-likeness (QED) is 0.178. The average Bonchev–Trinajstić information content (AvgIpc) is 3.68. The van der Waals surface area contributed by atoms with Crippen LogP contribution in [0, 0.1) is 0 Å². The van der Waals surface area contributed by atoms with Crippen molar-refractivity contribution in [2.75, 3.05) is 0 Å². The molecule has 2 aromatic heterocycles. The molecule has 3 heteroatoms. The predicted molar refractivity (Wildman–Crippen MR) is 253 cm³/mol. The molecular weight excluding hydrogens is 739 g/mol. The fourth-order valence-electron chi connectivity index (χ4n) is 9.79. The van der Waals surface area contributed by atoms with Gasteiger partial charge in [-0.15, -0.1) is 0 Å². The highest BCUT2D eigenvalue weighted by atomic mass is 15.0. The van der Waals surface area contributed by atoms with Crippen molar-refractivity contribution < 1.29 is 0 Å². The fourth-order valence-corrected chi connectivity index (χ4v) is 9.79. The van der Waals surface area contributed by atoms with Gasteiger partial charge in [0.2, 0.25) is 0 Å². The Labute approximate surface area is 354 Å². The first-order chi connectivity index (χ1) is 30.3. The van der Waals surface area contributed by atoms with Crippen LogP contribution < -0.4 is 0 Å². The molecule has 1 aliphatic carbocycles. The van der Waals surface area contributed by atoms with Gasteiger partial charge < -0.3 is 4.57 Å². The average molecular weight is 778 g/mol. The van der Waals surface area contributed by atoms with E-state index in [1.807, 2.05) is 12.1 Å². The van der Waals surface area contributed by atoms with Crippen LogP contribution in [0.3, 0.4) is 0 Å². The lowest BCUT2D eigenvalue weighted by Crippen LogP contribution is -2.06. The number of aromatic nitrogens is 3. The van der Waals surface area contributed by atoms with E-state index in [0.29, 0.717) is 5.82 Å². The van der Waals surface area contributed by atoms with Crippen LogP contribution in [0.4, 0.5) is 0 Å². The van der Waals surface area contributed by atoms with Crippen molar-refractivity contribution in [3.8, 4) is 61.8 Å². The summed E-state index contributed by atoms with van der Waals surface area (Å²) in [5.41, 5.74) is 18.8. The molecule has 0 radical (unpaired) electrons. The van der Waals surface area contributed by atoms with Gasteiger partial charge in [-0.1, -0.05) is 188 Å². The van der Waals surface area contributed by atoms with Gasteiger partial charge in [-0.3, -0.25) is 0 Å². The van der Waals surface area contributed by atoms with Gasteiger partial charge in [-0.2, -0.15) is 0 Å². The van der Waals surface area contributed by atoms with E-state index in [1.165, 1.54) is 71.6 Å². The number of rotatable bonds is 4. The number of benzene rings is 9. The molecule has 3 nitrogen and oxygen atoms in total. The molecular formula is C58H39N3. The van der Waals surface area contributed by atoms with E-state index in [-0.39, 0.29) is 0 Å². The van der Waals surface area contributed by atoms with E-state index in [1.54, 1.807) is 0 Å². The normalized spacial score (nSPS) is 12.1. The lowest BCUT2D eigenvalue weighted by Gasteiger charge is -2.24. The minimum atomic E-state index is 0.696. The van der Waals surface area contributed by atoms with Crippen LogP contribution in [0.1, 0.15) is 22.3 Å². The van der Waals surface area contributed by atoms with Gasteiger partial charge in [0.1, 0.15) is 0 Å². The second kappa shape index (κ2) is 14.4. The predicted octanol–water partition coefficient (Wildman–Crippen LogP) is 14.6. The Kier molecular flexibility index (Phi) is 8.31. The fraction of sp³-hybridized carbons (Fsp3) is 0.0345. The van der Waals surface area contributed by atoms with Crippen molar-refractivity contribution in [2.45, 2.75) is 12.8 Å². The Balaban J connectivity index is 1.21. The molecule has 0 unspecified atom stereocenters. The monoisotopic (exact) mass is 777 g/mol. The second-order valence-electron chi connectivity index (χ2n) is 16.0. The standard InChI is InChI=1S/C58H39N3/c1-4-18-38(19-5-1)52-37-53(39-20-6-2-7-21-39)60-58(59-52)43-32-33-50-54(36-43)61(44-25-8-3-9-26-44)57-51-35-42-24-11-14-28-46(42)45-27-13-10-22-40(45)34-41-23-12-15-29-47(41)55(51)48-30-16-17-31-49(48)56(50)57/h1-33,36-37H,34-35H2. The maximum Gasteiger partial charge on any atom is 0.160 e. The summed E-state index contributed by atoms with van der Waals surface area (Å²) in [5.74, 6) is 0.696. The van der Waals surface area contributed by atoms with E-state index in [0.717, 1.165) is 52.1 Å². The maximum absolute atomic E-state index is 5.27. The van der Waals surface area contributed by atoms with Gasteiger partial charge in [0.05, 0.1) is 22.4 Å². The zero-order valence-electron chi connectivity index (χ0n) is 33.5. The van der Waals surface area contributed by atoms with Crippen molar-refractivity contribution in [1.29, 1.82) is 0 Å². The summed E-state index contributed by atoms with van der Waals surface area (Å²) in [4.78, 5) is 10.5. The molecule has 0 fully saturated rings. The van der Waals surface area contributed by atoms with Gasteiger partial charge in [-0.05, 0) is 86.0 Å². The van der Waals surface area contributed by atoms with Crippen LogP contribution in [-0.4, -0.2) is 14.5 Å². The van der Waals surface area contributed by atoms with Crippen molar-refractivity contribution in [2.24, 2.45) is 0 Å². The molecule has 0 N–H and O–H groups in total. The first-order valence-electron chi connectivity index (χ1n) is 21.1. The molecule has 0 atom stereocenters. The highest BCUT2D eigenvalue weighted by molar-refractivity contribution is 6.26. The van der Waals surface area contributed by atoms with Gasteiger partial charge in [0.15, 0.2) is 5.82 Å². The smallest absolute Gasteiger partial charge is 0.160 e. The molecule has 0 aliphatic heterocycles. The van der Waals surface area contributed by atoms with Gasteiger partial charge in [0.25, 0.3) is 0 Å². The van der Waals surface area contributed by atoms with Crippen molar-refractivity contribution >= 4 is 32.6 Å². The zero-order chi connectivity index (χ0) is 40.3. The number of fused-ring (bicyclic) bond motifs is 13. The number of para-hydroxylation sites is 1. The third-order valence-electron chi connectivity index (χ3n) is 12.5. The Morgan fingerprint density at radius 1 is 0.377 bits per heavy atom. The summed E-state index contributed by atoms with van der Waals surface area (Å²) in [6.07, 6.45) is 1.60. The SMILES string of the molecule is c1ccc(-c2cc(-c3ccccc3)nc(-c3ccc4c5c6ccccc6c6c(c5n(-c5ccccc5)c4c3)Cc3ccccc3-c3ccccc3Cc3ccccc3-6)n2)cc1. The molecule has 1 aliphatic rings. The Morgan fingerprint density at radius 3 is 1.52 bits per heavy atom. The Bertz CT molecular complexity index is 3400. The van der Waals surface area contributed by atoms with Crippen LogP contribution in [0.25, 0.3) is 94.4 Å². The molecule has 0 spiro atoms. The largest absolute Gasteiger partial charge is 0.309 e. The van der Waals surface area contributed by atoms with E-state index in [4.69, 9.17) is 9.97 Å². The summed E-state index contributed by atoms with van der Waals surface area (Å²) in [5, 5.41) is 4.98. The van der Waals surface area contributed by atoms with Crippen LogP contribution in [0.2, 0.25) is 0 Å². The van der Waals surface area contributed by atoms with Gasteiger partial charge in [0, 0.05) is 39.6 Å². The van der Waals surface area contributed by atoms with Crippen molar-refractivity contribution in [1.82, 2.24) is 14.5 Å². The highest BCUT2D eigenvalue weighted by Gasteiger charge is 2.27. The number of hydrogen-bond donors (Lipinski definition) is 0. The second-order valence-corrected chi connectivity index (χ2v) is 16.0. The third kappa shape index (κ3) is 5.89. The number of hydrogen-bond acceptors (Lipinski definition) is 2. The lowest BCUT2D eigenvalue weighted by atomic mass is 9.81. The molecule has 0 saturated heterocycles. The topological polar surface area (TPSA) is 30.7 Å². The molecule has 2 heterocycles. The van der Waals surface area contributed by atoms with E-state index in [2.05, 4.69) is 205 Å². The van der Waals surface area contributed by atoms with Crippen LogP contribution in [0.5, 0.6) is 0 Å². The summed E-state index contributed by atoms with van der Waals surface area (Å²) < 4.78 is 2.52. The molecule has 9 aromatic carbocycles. The van der Waals surface area contributed by atoms with E-state index >= 15 is 0 Å². The maximum atomic E-state index is 5.27. The van der Waals surface area contributed by atoms with Crippen LogP contribution >= 0.6 is 0 Å². The molecule has 0 saturated carbocycles. The van der Waals surface area contributed by atoms with Gasteiger partial charge in [-0.25, -0.2) is 9.97 Å². The summed E-state index contributed by atoms with van der Waals surface area (Å²) in [6, 6.07) is 76.8. The summed E-state index contributed by atoms with van der Waals surface area (Å²) in [6.45, 7) is 0. The molecule has 61 heavy (non-hydrogen) atoms. The molecule has 0 amide bonds. The van der Waals surface area contributed by atoms with E-state index < -0.39 is 0 Å². The van der Waals surface area contributed by atoms with E-state index in [9.17, 15) is 0 Å². The van der Waals surface area contributed by atoms with Crippen LogP contribution in [-0.2, 0) is 12.8 Å². The van der Waals surface area contributed by atoms with Crippen molar-refractivity contribution in [3.63, 3.8) is 0 Å². The highest BCUT2D eigenvalue weighted by Crippen LogP contribution is 2.48. The Hall–Kier alpha value is -7.88. The minimum Gasteiger partial charge on any atom is -0.309 e. The third-order valence-corrected chi connectivity index (χ3v) is 12.5. The van der Waals surface area contributed by atoms with Crippen LogP contribution in [0.15, 0.2) is 212 Å². The van der Waals surface area contributed by atoms with Crippen molar-refractivity contribution in [3.05, 3.63) is 235 Å². The minimum absolute atomic E-state index is 0.696. The Morgan fingerprint density at radius 2 is 0.885 bits per heavy atom. The summed E-state index contributed by atoms with van der Waals surface area (Å²) >= 11 is 0.